The molecule has 0 atom stereocenters. The van der Waals surface area contributed by atoms with Crippen LogP contribution in [0.2, 0.25) is 0 Å². The van der Waals surface area contributed by atoms with Gasteiger partial charge in [0.25, 0.3) is 5.91 Å². The fraction of sp³-hybridized carbons (Fsp3) is 0.529. The van der Waals surface area contributed by atoms with Crippen molar-refractivity contribution in [2.75, 3.05) is 12.9 Å². The molecule has 24 heavy (non-hydrogen) atoms. The van der Waals surface area contributed by atoms with E-state index in [1.165, 1.54) is 0 Å². The number of amides is 1. The predicted molar refractivity (Wildman–Crippen MR) is 90.3 cm³/mol. The summed E-state index contributed by atoms with van der Waals surface area (Å²) >= 11 is 0. The fourth-order valence-corrected chi connectivity index (χ4v) is 3.81. The molecule has 1 fully saturated rings. The largest absolute Gasteiger partial charge is 0.464 e. The third kappa shape index (κ3) is 4.56. The maximum absolute atomic E-state index is 12.6. The molecule has 0 bridgehead atoms. The van der Waals surface area contributed by atoms with E-state index in [-0.39, 0.29) is 18.3 Å². The molecule has 1 aromatic rings. The highest BCUT2D eigenvalue weighted by molar-refractivity contribution is 7.89. The fourth-order valence-electron chi connectivity index (χ4n) is 3.02. The number of ether oxygens (including phenoxy) is 1. The molecule has 0 spiro atoms. The number of benzene rings is 1. The number of rotatable bonds is 6. The highest BCUT2D eigenvalue weighted by Crippen LogP contribution is 2.31. The van der Waals surface area contributed by atoms with Crippen molar-refractivity contribution in [3.63, 3.8) is 0 Å². The molecule has 0 heterocycles. The summed E-state index contributed by atoms with van der Waals surface area (Å²) in [5.74, 6) is -0.916. The summed E-state index contributed by atoms with van der Waals surface area (Å²) < 4.78 is 27.9. The van der Waals surface area contributed by atoms with Gasteiger partial charge in [-0.05, 0) is 37.5 Å². The first-order valence-corrected chi connectivity index (χ1v) is 10.1. The van der Waals surface area contributed by atoms with Gasteiger partial charge in [0.2, 0.25) is 0 Å². The van der Waals surface area contributed by atoms with Crippen LogP contribution in [0.3, 0.4) is 0 Å². The number of carbonyl (C=O) groups excluding carboxylic acids is 2. The van der Waals surface area contributed by atoms with E-state index in [1.807, 2.05) is 0 Å². The standard InChI is InChI=1S/C17H23NO5S/c1-3-23-16(20)17(9-4-5-10-17)18-15(19)14-8-6-7-13(11-14)12-24(2,21)22/h6-8,11H,3-5,9-10,12H2,1-2H3,(H,18,19). The second-order valence-electron chi connectivity index (χ2n) is 6.23. The van der Waals surface area contributed by atoms with Gasteiger partial charge in [0.05, 0.1) is 12.4 Å². The van der Waals surface area contributed by atoms with Crippen LogP contribution in [0.25, 0.3) is 0 Å². The molecule has 1 saturated carbocycles. The normalized spacial score (nSPS) is 16.6. The minimum Gasteiger partial charge on any atom is -0.464 e. The first kappa shape index (κ1) is 18.4. The van der Waals surface area contributed by atoms with Crippen molar-refractivity contribution >= 4 is 21.7 Å². The van der Waals surface area contributed by atoms with Crippen molar-refractivity contribution < 1.29 is 22.7 Å². The van der Waals surface area contributed by atoms with Crippen molar-refractivity contribution in [1.82, 2.24) is 5.32 Å². The molecular formula is C17H23NO5S. The Balaban J connectivity index is 2.19. The van der Waals surface area contributed by atoms with E-state index < -0.39 is 21.3 Å². The Bertz CT molecular complexity index is 720. The topological polar surface area (TPSA) is 89.5 Å². The molecule has 0 radical (unpaired) electrons. The maximum atomic E-state index is 12.6. The van der Waals surface area contributed by atoms with Gasteiger partial charge in [-0.15, -0.1) is 0 Å². The Kier molecular flexibility index (Phi) is 5.64. The van der Waals surface area contributed by atoms with Crippen LogP contribution in [0.15, 0.2) is 24.3 Å². The van der Waals surface area contributed by atoms with E-state index in [0.717, 1.165) is 19.1 Å². The molecule has 1 aliphatic rings. The van der Waals surface area contributed by atoms with E-state index in [9.17, 15) is 18.0 Å². The van der Waals surface area contributed by atoms with Crippen molar-refractivity contribution in [3.8, 4) is 0 Å². The number of sulfone groups is 1. The first-order valence-electron chi connectivity index (χ1n) is 8.02. The zero-order chi connectivity index (χ0) is 17.8. The Labute approximate surface area is 142 Å². The average Bonchev–Trinajstić information content (AvgIpc) is 2.96. The number of hydrogen-bond acceptors (Lipinski definition) is 5. The minimum absolute atomic E-state index is 0.128. The minimum atomic E-state index is -3.18. The van der Waals surface area contributed by atoms with Crippen LogP contribution in [0.4, 0.5) is 0 Å². The highest BCUT2D eigenvalue weighted by atomic mass is 32.2. The lowest BCUT2D eigenvalue weighted by Gasteiger charge is -2.27. The van der Waals surface area contributed by atoms with Gasteiger partial charge in [0.1, 0.15) is 5.54 Å². The van der Waals surface area contributed by atoms with Crippen molar-refractivity contribution in [2.45, 2.75) is 43.9 Å². The molecule has 0 aromatic heterocycles. The Morgan fingerprint density at radius 1 is 1.25 bits per heavy atom. The van der Waals surface area contributed by atoms with Crippen LogP contribution in [0.1, 0.15) is 48.5 Å². The summed E-state index contributed by atoms with van der Waals surface area (Å²) in [6.45, 7) is 2.00. The second-order valence-corrected chi connectivity index (χ2v) is 8.37. The number of carbonyl (C=O) groups is 2. The molecule has 0 saturated heterocycles. The smallest absolute Gasteiger partial charge is 0.331 e. The summed E-state index contributed by atoms with van der Waals surface area (Å²) in [6.07, 6.45) is 3.97. The highest BCUT2D eigenvalue weighted by Gasteiger charge is 2.43. The predicted octanol–water partition coefficient (Wildman–Crippen LogP) is 1.84. The van der Waals surface area contributed by atoms with Crippen molar-refractivity contribution in [1.29, 1.82) is 0 Å². The van der Waals surface area contributed by atoms with Gasteiger partial charge in [-0.2, -0.15) is 0 Å². The molecule has 1 aromatic carbocycles. The van der Waals surface area contributed by atoms with Gasteiger partial charge >= 0.3 is 5.97 Å². The van der Waals surface area contributed by atoms with Crippen molar-refractivity contribution in [3.05, 3.63) is 35.4 Å². The number of nitrogens with one attached hydrogen (secondary N) is 1. The van der Waals surface area contributed by atoms with E-state index in [0.29, 0.717) is 24.0 Å². The van der Waals surface area contributed by atoms with Gasteiger partial charge in [-0.1, -0.05) is 25.0 Å². The Morgan fingerprint density at radius 3 is 2.50 bits per heavy atom. The summed E-state index contributed by atoms with van der Waals surface area (Å²) in [4.78, 5) is 24.8. The van der Waals surface area contributed by atoms with Gasteiger partial charge in [-0.25, -0.2) is 13.2 Å². The zero-order valence-corrected chi connectivity index (χ0v) is 14.8. The molecule has 0 aliphatic heterocycles. The molecule has 2 rings (SSSR count). The van der Waals surface area contributed by atoms with E-state index >= 15 is 0 Å². The Hall–Kier alpha value is -1.89. The summed E-state index contributed by atoms with van der Waals surface area (Å²) in [6, 6.07) is 6.45. The second kappa shape index (κ2) is 7.34. The van der Waals surface area contributed by atoms with Crippen LogP contribution < -0.4 is 5.32 Å². The number of hydrogen-bond donors (Lipinski definition) is 1. The van der Waals surface area contributed by atoms with Crippen LogP contribution in [-0.2, 0) is 25.1 Å². The summed E-state index contributed by atoms with van der Waals surface area (Å²) in [7, 11) is -3.18. The van der Waals surface area contributed by atoms with Crippen LogP contribution >= 0.6 is 0 Å². The lowest BCUT2D eigenvalue weighted by molar-refractivity contribution is -0.150. The lowest BCUT2D eigenvalue weighted by Crippen LogP contribution is -2.53. The molecule has 6 nitrogen and oxygen atoms in total. The van der Waals surface area contributed by atoms with Gasteiger partial charge < -0.3 is 10.1 Å². The van der Waals surface area contributed by atoms with Gasteiger partial charge in [0.15, 0.2) is 9.84 Å². The monoisotopic (exact) mass is 353 g/mol. The summed E-state index contributed by atoms with van der Waals surface area (Å²) in [5.41, 5.74) is -0.0894. The molecular weight excluding hydrogens is 330 g/mol. The zero-order valence-electron chi connectivity index (χ0n) is 14.0. The number of esters is 1. The molecule has 1 aliphatic carbocycles. The SMILES string of the molecule is CCOC(=O)C1(NC(=O)c2cccc(CS(C)(=O)=O)c2)CCCC1. The van der Waals surface area contributed by atoms with E-state index in [1.54, 1.807) is 31.2 Å². The van der Waals surface area contributed by atoms with Crippen LogP contribution in [-0.4, -0.2) is 38.7 Å². The lowest BCUT2D eigenvalue weighted by atomic mass is 9.97. The first-order chi connectivity index (χ1) is 11.3. The Morgan fingerprint density at radius 2 is 1.92 bits per heavy atom. The molecule has 1 N–H and O–H groups in total. The van der Waals surface area contributed by atoms with Crippen molar-refractivity contribution in [2.24, 2.45) is 0 Å². The summed E-state index contributed by atoms with van der Waals surface area (Å²) in [5, 5.41) is 2.82. The quantitative estimate of drug-likeness (QED) is 0.788. The van der Waals surface area contributed by atoms with Gasteiger partial charge in [0, 0.05) is 11.8 Å². The average molecular weight is 353 g/mol. The molecule has 132 valence electrons. The third-order valence-electron chi connectivity index (χ3n) is 4.09. The van der Waals surface area contributed by atoms with Gasteiger partial charge in [-0.3, -0.25) is 4.79 Å². The van der Waals surface area contributed by atoms with Crippen LogP contribution in [0, 0.1) is 0 Å². The maximum Gasteiger partial charge on any atom is 0.331 e. The molecule has 0 unspecified atom stereocenters. The molecule has 1 amide bonds. The van der Waals surface area contributed by atoms with E-state index in [2.05, 4.69) is 5.32 Å². The third-order valence-corrected chi connectivity index (χ3v) is 4.95. The van der Waals surface area contributed by atoms with Crippen LogP contribution in [0.5, 0.6) is 0 Å². The van der Waals surface area contributed by atoms with E-state index in [4.69, 9.17) is 4.74 Å². The molecule has 7 heteroatoms.